The fourth-order valence-corrected chi connectivity index (χ4v) is 3.10. The van der Waals surface area contributed by atoms with E-state index in [0.29, 0.717) is 12.6 Å². The van der Waals surface area contributed by atoms with Crippen LogP contribution in [0.15, 0.2) is 35.5 Å². The van der Waals surface area contributed by atoms with Crippen LogP contribution in [0, 0.1) is 6.92 Å². The van der Waals surface area contributed by atoms with E-state index in [2.05, 4.69) is 77.6 Å². The molecule has 0 unspecified atom stereocenters. The summed E-state index contributed by atoms with van der Waals surface area (Å²) in [5.41, 5.74) is 2.64. The maximum atomic E-state index is 4.37. The monoisotopic (exact) mass is 487 g/mol. The number of rotatable bonds is 7. The molecule has 0 aliphatic carbocycles. The van der Waals surface area contributed by atoms with Crippen LogP contribution in [-0.2, 0) is 19.6 Å². The SMILES string of the molecule is CN=C(NCc1ncc(C)s1)NCc1ccccc1CN(C)C(C)C.I. The molecule has 2 N–H and O–H groups in total. The summed E-state index contributed by atoms with van der Waals surface area (Å²) in [4.78, 5) is 12.2. The fraction of sp³-hybridized carbons (Fsp3) is 0.474. The highest BCUT2D eigenvalue weighted by molar-refractivity contribution is 14.0. The lowest BCUT2D eigenvalue weighted by Gasteiger charge is -2.23. The molecule has 5 nitrogen and oxygen atoms in total. The zero-order chi connectivity index (χ0) is 18.2. The minimum absolute atomic E-state index is 0. The highest BCUT2D eigenvalue weighted by atomic mass is 127. The number of aryl methyl sites for hydroxylation is 1. The van der Waals surface area contributed by atoms with Crippen molar-refractivity contribution in [2.45, 2.75) is 46.4 Å². The van der Waals surface area contributed by atoms with Gasteiger partial charge in [0.1, 0.15) is 5.01 Å². The van der Waals surface area contributed by atoms with Gasteiger partial charge in [-0.25, -0.2) is 4.98 Å². The first-order valence-electron chi connectivity index (χ1n) is 8.62. The maximum absolute atomic E-state index is 4.37. The van der Waals surface area contributed by atoms with E-state index in [4.69, 9.17) is 0 Å². The molecule has 0 amide bonds. The van der Waals surface area contributed by atoms with Crippen molar-refractivity contribution in [2.24, 2.45) is 4.99 Å². The third-order valence-electron chi connectivity index (χ3n) is 4.17. The van der Waals surface area contributed by atoms with Crippen LogP contribution in [-0.4, -0.2) is 36.0 Å². The number of hydrogen-bond acceptors (Lipinski definition) is 4. The average Bonchev–Trinajstić information content (AvgIpc) is 3.01. The zero-order valence-corrected chi connectivity index (χ0v) is 19.4. The molecule has 0 bridgehead atoms. The number of nitrogens with zero attached hydrogens (tertiary/aromatic N) is 3. The molecule has 7 heteroatoms. The van der Waals surface area contributed by atoms with E-state index >= 15 is 0 Å². The van der Waals surface area contributed by atoms with E-state index in [1.807, 2.05) is 6.20 Å². The lowest BCUT2D eigenvalue weighted by Crippen LogP contribution is -2.36. The van der Waals surface area contributed by atoms with Crippen molar-refractivity contribution in [1.82, 2.24) is 20.5 Å². The van der Waals surface area contributed by atoms with Crippen LogP contribution < -0.4 is 10.6 Å². The van der Waals surface area contributed by atoms with E-state index in [1.165, 1.54) is 16.0 Å². The smallest absolute Gasteiger partial charge is 0.191 e. The number of halogens is 1. The summed E-state index contributed by atoms with van der Waals surface area (Å²) in [5, 5.41) is 7.80. The number of hydrogen-bond donors (Lipinski definition) is 2. The molecule has 0 spiro atoms. The number of aliphatic imine (C=N–C) groups is 1. The third kappa shape index (κ3) is 7.20. The van der Waals surface area contributed by atoms with Crippen LogP contribution in [0.5, 0.6) is 0 Å². The molecule has 26 heavy (non-hydrogen) atoms. The number of nitrogens with one attached hydrogen (secondary N) is 2. The summed E-state index contributed by atoms with van der Waals surface area (Å²) in [7, 11) is 3.95. The van der Waals surface area contributed by atoms with Crippen LogP contribution in [0.3, 0.4) is 0 Å². The second kappa shape index (κ2) is 11.5. The van der Waals surface area contributed by atoms with Gasteiger partial charge in [0.05, 0.1) is 6.54 Å². The summed E-state index contributed by atoms with van der Waals surface area (Å²) >= 11 is 1.70. The first-order valence-corrected chi connectivity index (χ1v) is 9.44. The van der Waals surface area contributed by atoms with Crippen LogP contribution in [0.1, 0.15) is 34.9 Å². The molecule has 1 heterocycles. The molecular weight excluding hydrogens is 457 g/mol. The minimum Gasteiger partial charge on any atom is -0.352 e. The predicted molar refractivity (Wildman–Crippen MR) is 122 cm³/mol. The summed E-state index contributed by atoms with van der Waals surface area (Å²) in [5.74, 6) is 0.792. The molecule has 0 saturated carbocycles. The number of guanidine groups is 1. The van der Waals surface area contributed by atoms with Gasteiger partial charge in [-0.05, 0) is 38.9 Å². The number of aromatic nitrogens is 1. The van der Waals surface area contributed by atoms with Crippen molar-refractivity contribution >= 4 is 41.3 Å². The van der Waals surface area contributed by atoms with Crippen LogP contribution in [0.2, 0.25) is 0 Å². The van der Waals surface area contributed by atoms with Gasteiger partial charge in [-0.2, -0.15) is 0 Å². The topological polar surface area (TPSA) is 52.6 Å². The molecule has 2 aromatic rings. The molecule has 0 radical (unpaired) electrons. The molecular formula is C19H30IN5S. The lowest BCUT2D eigenvalue weighted by molar-refractivity contribution is 0.265. The zero-order valence-electron chi connectivity index (χ0n) is 16.2. The molecule has 0 aliphatic rings. The van der Waals surface area contributed by atoms with Gasteiger partial charge < -0.3 is 10.6 Å². The molecule has 144 valence electrons. The highest BCUT2D eigenvalue weighted by Crippen LogP contribution is 2.13. The molecule has 2 rings (SSSR count). The maximum Gasteiger partial charge on any atom is 0.191 e. The fourth-order valence-electron chi connectivity index (χ4n) is 2.38. The number of benzene rings is 1. The molecule has 0 atom stereocenters. The van der Waals surface area contributed by atoms with Gasteiger partial charge >= 0.3 is 0 Å². The normalized spacial score (nSPS) is 11.6. The summed E-state index contributed by atoms with van der Waals surface area (Å²) in [6, 6.07) is 9.09. The van der Waals surface area contributed by atoms with Gasteiger partial charge in [-0.1, -0.05) is 24.3 Å². The molecule has 0 fully saturated rings. The van der Waals surface area contributed by atoms with Gasteiger partial charge in [0.2, 0.25) is 0 Å². The van der Waals surface area contributed by atoms with Crippen LogP contribution >= 0.6 is 35.3 Å². The second-order valence-electron chi connectivity index (χ2n) is 6.42. The first kappa shape index (κ1) is 22.9. The third-order valence-corrected chi connectivity index (χ3v) is 5.08. The molecule has 1 aromatic heterocycles. The van der Waals surface area contributed by atoms with Crippen molar-refractivity contribution in [3.63, 3.8) is 0 Å². The number of thiazole rings is 1. The summed E-state index contributed by atoms with van der Waals surface area (Å²) in [6.45, 7) is 8.88. The Morgan fingerprint density at radius 2 is 1.85 bits per heavy atom. The van der Waals surface area contributed by atoms with Gasteiger partial charge in [-0.3, -0.25) is 9.89 Å². The van der Waals surface area contributed by atoms with E-state index in [-0.39, 0.29) is 24.0 Å². The molecule has 0 saturated heterocycles. The highest BCUT2D eigenvalue weighted by Gasteiger charge is 2.09. The average molecular weight is 487 g/mol. The quantitative estimate of drug-likeness (QED) is 0.355. The molecule has 0 aliphatic heterocycles. The van der Waals surface area contributed by atoms with Gasteiger partial charge in [0.15, 0.2) is 5.96 Å². The Hall–Kier alpha value is -1.19. The van der Waals surface area contributed by atoms with Crippen LogP contribution in [0.4, 0.5) is 0 Å². The van der Waals surface area contributed by atoms with E-state index in [1.54, 1.807) is 18.4 Å². The molecule has 1 aromatic carbocycles. The standard InChI is InChI=1S/C19H29N5S.HI/c1-14(2)24(5)13-17-9-7-6-8-16(17)11-22-19(20-4)23-12-18-21-10-15(3)25-18;/h6-10,14H,11-13H2,1-5H3,(H2,20,22,23);1H. The van der Waals surface area contributed by atoms with Crippen molar-refractivity contribution in [3.05, 3.63) is 51.5 Å². The van der Waals surface area contributed by atoms with Gasteiger partial charge in [-0.15, -0.1) is 35.3 Å². The van der Waals surface area contributed by atoms with Gasteiger partial charge in [0.25, 0.3) is 0 Å². The second-order valence-corrected chi connectivity index (χ2v) is 7.74. The van der Waals surface area contributed by atoms with Gasteiger partial charge in [0, 0.05) is 37.3 Å². The lowest BCUT2D eigenvalue weighted by atomic mass is 10.1. The Kier molecular flexibility index (Phi) is 10.1. The predicted octanol–water partition coefficient (Wildman–Crippen LogP) is 3.77. The van der Waals surface area contributed by atoms with Crippen LogP contribution in [0.25, 0.3) is 0 Å². The Morgan fingerprint density at radius 3 is 2.42 bits per heavy atom. The van der Waals surface area contributed by atoms with Crippen molar-refractivity contribution < 1.29 is 0 Å². The Balaban J connectivity index is 0.00000338. The first-order chi connectivity index (χ1) is 12.0. The van der Waals surface area contributed by atoms with Crippen molar-refractivity contribution in [1.29, 1.82) is 0 Å². The minimum atomic E-state index is 0. The Morgan fingerprint density at radius 1 is 1.19 bits per heavy atom. The summed E-state index contributed by atoms with van der Waals surface area (Å²) < 4.78 is 0. The largest absolute Gasteiger partial charge is 0.352 e. The van der Waals surface area contributed by atoms with Crippen molar-refractivity contribution in [3.8, 4) is 0 Å². The Labute approximate surface area is 178 Å². The summed E-state index contributed by atoms with van der Waals surface area (Å²) in [6.07, 6.45) is 1.90. The van der Waals surface area contributed by atoms with Crippen molar-refractivity contribution in [2.75, 3.05) is 14.1 Å². The van der Waals surface area contributed by atoms with E-state index in [9.17, 15) is 0 Å². The van der Waals surface area contributed by atoms with E-state index < -0.39 is 0 Å². The van der Waals surface area contributed by atoms with E-state index in [0.717, 1.165) is 24.1 Å². The Bertz CT molecular complexity index is 699.